The summed E-state index contributed by atoms with van der Waals surface area (Å²) in [5.41, 5.74) is 1.42. The van der Waals surface area contributed by atoms with Gasteiger partial charge in [-0.05, 0) is 43.4 Å². The number of carbonyl (C=O) groups excluding carboxylic acids is 1. The zero-order chi connectivity index (χ0) is 19.9. The van der Waals surface area contributed by atoms with Crippen LogP contribution in [-0.2, 0) is 9.53 Å². The molecule has 0 N–H and O–H groups in total. The largest absolute Gasteiger partial charge is 0.487 e. The van der Waals surface area contributed by atoms with Crippen molar-refractivity contribution in [3.63, 3.8) is 0 Å². The number of carbonyl (C=O) groups is 1. The van der Waals surface area contributed by atoms with Crippen LogP contribution in [0.4, 0.5) is 4.39 Å². The van der Waals surface area contributed by atoms with E-state index in [1.165, 1.54) is 18.9 Å². The highest BCUT2D eigenvalue weighted by Crippen LogP contribution is 2.33. The van der Waals surface area contributed by atoms with Crippen molar-refractivity contribution >= 4 is 11.5 Å². The van der Waals surface area contributed by atoms with Crippen LogP contribution < -0.4 is 4.74 Å². The summed E-state index contributed by atoms with van der Waals surface area (Å²) in [6.07, 6.45) is 7.21. The maximum Gasteiger partial charge on any atom is 0.176 e. The summed E-state index contributed by atoms with van der Waals surface area (Å²) < 4.78 is 25.7. The van der Waals surface area contributed by atoms with E-state index in [0.29, 0.717) is 31.8 Å². The fraction of sp³-hybridized carbons (Fsp3) is 0.652. The van der Waals surface area contributed by atoms with E-state index in [9.17, 15) is 9.18 Å². The van der Waals surface area contributed by atoms with E-state index in [1.807, 2.05) is 13.0 Å². The summed E-state index contributed by atoms with van der Waals surface area (Å²) in [7, 11) is 0. The lowest BCUT2D eigenvalue weighted by Gasteiger charge is -2.23. The summed E-state index contributed by atoms with van der Waals surface area (Å²) in [6, 6.07) is 4.77. The first-order chi connectivity index (χ1) is 13.6. The number of hydrogen-bond donors (Lipinski definition) is 0. The van der Waals surface area contributed by atoms with Crippen LogP contribution in [-0.4, -0.2) is 30.8 Å². The van der Waals surface area contributed by atoms with Gasteiger partial charge >= 0.3 is 0 Å². The minimum Gasteiger partial charge on any atom is -0.487 e. The Bertz CT molecular complexity index is 693. The average molecular weight is 390 g/mol. The van der Waals surface area contributed by atoms with E-state index in [-0.39, 0.29) is 29.5 Å². The van der Waals surface area contributed by atoms with Gasteiger partial charge in [0.05, 0.1) is 25.0 Å². The fourth-order valence-corrected chi connectivity index (χ4v) is 3.55. The van der Waals surface area contributed by atoms with Gasteiger partial charge in [0.2, 0.25) is 0 Å². The first-order valence-electron chi connectivity index (χ1n) is 10.7. The van der Waals surface area contributed by atoms with Crippen LogP contribution in [0.25, 0.3) is 0 Å². The second kappa shape index (κ2) is 10.1. The molecule has 1 aromatic carbocycles. The van der Waals surface area contributed by atoms with Gasteiger partial charge in [0, 0.05) is 19.3 Å². The van der Waals surface area contributed by atoms with Crippen molar-refractivity contribution in [2.75, 3.05) is 13.2 Å². The van der Waals surface area contributed by atoms with Gasteiger partial charge in [-0.2, -0.15) is 0 Å². The molecule has 1 saturated heterocycles. The van der Waals surface area contributed by atoms with Crippen molar-refractivity contribution in [1.29, 1.82) is 0 Å². The Kier molecular flexibility index (Phi) is 7.60. The molecule has 1 aliphatic heterocycles. The van der Waals surface area contributed by atoms with Gasteiger partial charge in [-0.3, -0.25) is 9.79 Å². The monoisotopic (exact) mass is 389 g/mol. The third-order valence-corrected chi connectivity index (χ3v) is 5.54. The molecule has 2 aliphatic rings. The number of ketones is 1. The summed E-state index contributed by atoms with van der Waals surface area (Å²) in [5, 5.41) is 0. The molecule has 0 aromatic heterocycles. The number of benzene rings is 1. The molecule has 3 rings (SSSR count). The molecule has 28 heavy (non-hydrogen) atoms. The van der Waals surface area contributed by atoms with Gasteiger partial charge in [-0.25, -0.2) is 4.39 Å². The second-order valence-corrected chi connectivity index (χ2v) is 8.03. The molecule has 5 heteroatoms. The Labute approximate surface area is 167 Å². The highest BCUT2D eigenvalue weighted by Gasteiger charge is 2.23. The predicted octanol–water partition coefficient (Wildman–Crippen LogP) is 5.44. The number of Topliss-reactive ketones (excluding diaryl/α,β-unsaturated/α-hetero) is 1. The minimum absolute atomic E-state index is 0.00444. The lowest BCUT2D eigenvalue weighted by Crippen LogP contribution is -2.26. The highest BCUT2D eigenvalue weighted by molar-refractivity contribution is 6.39. The molecule has 0 bridgehead atoms. The number of hydrogen-bond acceptors (Lipinski definition) is 4. The SMILES string of the molecule is CCC/C(=N\C(C)c1ccc(OC2CCOCC2)c(F)c1)C(=O)CCC1CC1. The Morgan fingerprint density at radius 2 is 2.00 bits per heavy atom. The van der Waals surface area contributed by atoms with Crippen LogP contribution in [0.5, 0.6) is 5.75 Å². The first-order valence-corrected chi connectivity index (χ1v) is 10.7. The Morgan fingerprint density at radius 3 is 2.64 bits per heavy atom. The van der Waals surface area contributed by atoms with E-state index in [1.54, 1.807) is 6.07 Å². The zero-order valence-electron chi connectivity index (χ0n) is 17.1. The average Bonchev–Trinajstić information content (AvgIpc) is 3.52. The van der Waals surface area contributed by atoms with Gasteiger partial charge in [-0.15, -0.1) is 0 Å². The Morgan fingerprint density at radius 1 is 1.25 bits per heavy atom. The van der Waals surface area contributed by atoms with Gasteiger partial charge in [0.15, 0.2) is 17.3 Å². The summed E-state index contributed by atoms with van der Waals surface area (Å²) in [5.74, 6) is 0.798. The molecule has 1 unspecified atom stereocenters. The maximum absolute atomic E-state index is 14.6. The molecule has 1 atom stereocenters. The van der Waals surface area contributed by atoms with Crippen LogP contribution in [0, 0.1) is 11.7 Å². The topological polar surface area (TPSA) is 47.9 Å². The molecule has 0 spiro atoms. The predicted molar refractivity (Wildman–Crippen MR) is 109 cm³/mol. The van der Waals surface area contributed by atoms with Crippen LogP contribution in [0.1, 0.15) is 76.8 Å². The van der Waals surface area contributed by atoms with E-state index in [2.05, 4.69) is 11.9 Å². The van der Waals surface area contributed by atoms with Gasteiger partial charge in [-0.1, -0.05) is 32.3 Å². The number of rotatable bonds is 10. The number of nitrogens with zero attached hydrogens (tertiary/aromatic N) is 1. The lowest BCUT2D eigenvalue weighted by molar-refractivity contribution is -0.113. The lowest BCUT2D eigenvalue weighted by atomic mass is 10.0. The van der Waals surface area contributed by atoms with Crippen LogP contribution in [0.15, 0.2) is 23.2 Å². The molecule has 154 valence electrons. The van der Waals surface area contributed by atoms with Crippen LogP contribution in [0.2, 0.25) is 0 Å². The van der Waals surface area contributed by atoms with E-state index >= 15 is 0 Å². The van der Waals surface area contributed by atoms with Gasteiger partial charge in [0.25, 0.3) is 0 Å². The third kappa shape index (κ3) is 6.13. The molecule has 1 aliphatic carbocycles. The summed E-state index contributed by atoms with van der Waals surface area (Å²) >= 11 is 0. The molecule has 1 saturated carbocycles. The third-order valence-electron chi connectivity index (χ3n) is 5.54. The Hall–Kier alpha value is -1.75. The normalized spacial score (nSPS) is 19.5. The molecule has 2 fully saturated rings. The zero-order valence-corrected chi connectivity index (χ0v) is 17.1. The molecular weight excluding hydrogens is 357 g/mol. The van der Waals surface area contributed by atoms with Crippen LogP contribution in [0.3, 0.4) is 0 Å². The molecule has 1 aromatic rings. The fourth-order valence-electron chi connectivity index (χ4n) is 3.55. The van der Waals surface area contributed by atoms with Crippen molar-refractivity contribution in [2.45, 2.75) is 77.4 Å². The first kappa shape index (κ1) is 21.0. The molecule has 0 radical (unpaired) electrons. The minimum atomic E-state index is -0.372. The standard InChI is InChI=1S/C23H32FNO3/c1-3-4-21(22(26)9-7-17-5-6-17)25-16(2)18-8-10-23(20(24)15-18)28-19-11-13-27-14-12-19/h8,10,15-17,19H,3-7,9,11-14H2,1-2H3/b25-21+. The molecule has 0 amide bonds. The Balaban J connectivity index is 1.64. The molecule has 1 heterocycles. The summed E-state index contributed by atoms with van der Waals surface area (Å²) in [4.78, 5) is 17.2. The number of halogens is 1. The van der Waals surface area contributed by atoms with Crippen molar-refractivity contribution in [1.82, 2.24) is 0 Å². The van der Waals surface area contributed by atoms with Crippen LogP contribution >= 0.6 is 0 Å². The second-order valence-electron chi connectivity index (χ2n) is 8.03. The van der Waals surface area contributed by atoms with Crippen molar-refractivity contribution < 1.29 is 18.7 Å². The highest BCUT2D eigenvalue weighted by atomic mass is 19.1. The smallest absolute Gasteiger partial charge is 0.176 e. The molecular formula is C23H32FNO3. The van der Waals surface area contributed by atoms with Gasteiger partial charge in [0.1, 0.15) is 6.10 Å². The molecule has 4 nitrogen and oxygen atoms in total. The van der Waals surface area contributed by atoms with E-state index in [0.717, 1.165) is 37.2 Å². The quantitative estimate of drug-likeness (QED) is 0.500. The van der Waals surface area contributed by atoms with Crippen molar-refractivity contribution in [2.24, 2.45) is 10.9 Å². The van der Waals surface area contributed by atoms with Gasteiger partial charge < -0.3 is 9.47 Å². The maximum atomic E-state index is 14.6. The van der Waals surface area contributed by atoms with E-state index < -0.39 is 0 Å². The summed E-state index contributed by atoms with van der Waals surface area (Å²) in [6.45, 7) is 5.28. The van der Waals surface area contributed by atoms with Crippen molar-refractivity contribution in [3.05, 3.63) is 29.6 Å². The van der Waals surface area contributed by atoms with E-state index in [4.69, 9.17) is 9.47 Å². The van der Waals surface area contributed by atoms with Crippen molar-refractivity contribution in [3.8, 4) is 5.75 Å². The number of ether oxygens (including phenoxy) is 2. The number of aliphatic imine (C=N–C) groups is 1.